The van der Waals surface area contributed by atoms with E-state index in [1.54, 1.807) is 0 Å². The Balaban J connectivity index is 1.94. The number of epoxide rings is 1. The Morgan fingerprint density at radius 1 is 1.36 bits per heavy atom. The first-order valence-corrected chi connectivity index (χ1v) is 3.70. The van der Waals surface area contributed by atoms with Crippen LogP contribution in [0.1, 0.15) is 20.8 Å². The largest absolute Gasteiger partial charge is 0.369 e. The minimum atomic E-state index is -0.877. The van der Waals surface area contributed by atoms with E-state index in [1.165, 1.54) is 0 Å². The van der Waals surface area contributed by atoms with Crippen molar-refractivity contribution in [3.8, 4) is 0 Å². The molecule has 0 aromatic carbocycles. The molecule has 0 amide bonds. The molecule has 0 bridgehead atoms. The summed E-state index contributed by atoms with van der Waals surface area (Å²) < 4.78 is 10.5. The van der Waals surface area contributed by atoms with Crippen molar-refractivity contribution in [3.63, 3.8) is 0 Å². The van der Waals surface area contributed by atoms with Crippen molar-refractivity contribution in [3.05, 3.63) is 0 Å². The van der Waals surface area contributed by atoms with Crippen LogP contribution in [0.25, 0.3) is 0 Å². The fourth-order valence-electron chi connectivity index (χ4n) is 0.927. The molecule has 64 valence electrons. The van der Waals surface area contributed by atoms with E-state index in [4.69, 9.17) is 19.2 Å². The summed E-state index contributed by atoms with van der Waals surface area (Å²) in [5.74, 6) is -0.877. The van der Waals surface area contributed by atoms with E-state index in [9.17, 15) is 0 Å². The number of ether oxygens (including phenoxy) is 2. The van der Waals surface area contributed by atoms with Crippen LogP contribution in [0.2, 0.25) is 0 Å². The lowest BCUT2D eigenvalue weighted by molar-refractivity contribution is -0.150. The molecule has 4 nitrogen and oxygen atoms in total. The van der Waals surface area contributed by atoms with Gasteiger partial charge in [-0.25, -0.2) is 0 Å². The highest BCUT2D eigenvalue weighted by molar-refractivity contribution is 4.86. The quantitative estimate of drug-likeness (QED) is 0.443. The van der Waals surface area contributed by atoms with Gasteiger partial charge in [0.15, 0.2) is 6.10 Å². The second kappa shape index (κ2) is 1.95. The van der Waals surface area contributed by atoms with Crippen LogP contribution < -0.4 is 0 Å². The minimum Gasteiger partial charge on any atom is -0.364 e. The van der Waals surface area contributed by atoms with Crippen LogP contribution in [0.15, 0.2) is 0 Å². The van der Waals surface area contributed by atoms with Crippen molar-refractivity contribution in [2.45, 2.75) is 38.4 Å². The Bertz CT molecular complexity index is 164. The molecule has 0 aliphatic carbocycles. The van der Waals surface area contributed by atoms with Crippen LogP contribution in [0.4, 0.5) is 0 Å². The monoisotopic (exact) mass is 160 g/mol. The zero-order valence-corrected chi connectivity index (χ0v) is 6.92. The molecular weight excluding hydrogens is 148 g/mol. The SMILES string of the molecule is CC(C)(C)OC1(C2CO2)OO1. The lowest BCUT2D eigenvalue weighted by Crippen LogP contribution is -2.33. The smallest absolute Gasteiger partial charge is 0.364 e. The Labute approximate surface area is 65.3 Å². The van der Waals surface area contributed by atoms with Gasteiger partial charge in [0.25, 0.3) is 0 Å². The molecule has 2 aliphatic heterocycles. The van der Waals surface area contributed by atoms with Gasteiger partial charge >= 0.3 is 5.97 Å². The molecule has 0 aromatic rings. The van der Waals surface area contributed by atoms with E-state index >= 15 is 0 Å². The van der Waals surface area contributed by atoms with Gasteiger partial charge in [0, 0.05) is 0 Å². The van der Waals surface area contributed by atoms with Crippen LogP contribution in [-0.2, 0) is 19.2 Å². The van der Waals surface area contributed by atoms with Gasteiger partial charge in [-0.15, -0.1) is 0 Å². The Hall–Kier alpha value is -0.160. The van der Waals surface area contributed by atoms with E-state index in [0.717, 1.165) is 0 Å². The number of rotatable bonds is 2. The lowest BCUT2D eigenvalue weighted by atomic mass is 10.2. The topological polar surface area (TPSA) is 46.8 Å². The third-order valence-corrected chi connectivity index (χ3v) is 1.42. The average molecular weight is 160 g/mol. The summed E-state index contributed by atoms with van der Waals surface area (Å²) in [4.78, 5) is 9.50. The molecule has 2 rings (SSSR count). The van der Waals surface area contributed by atoms with Gasteiger partial charge in [0.05, 0.1) is 12.2 Å². The summed E-state index contributed by atoms with van der Waals surface area (Å²) in [5, 5.41) is 0. The molecule has 11 heavy (non-hydrogen) atoms. The van der Waals surface area contributed by atoms with Gasteiger partial charge in [0.1, 0.15) is 0 Å². The van der Waals surface area contributed by atoms with Gasteiger partial charge < -0.3 is 9.47 Å². The first-order chi connectivity index (χ1) is 5.02. The van der Waals surface area contributed by atoms with Gasteiger partial charge in [-0.1, -0.05) is 0 Å². The molecule has 0 aromatic heterocycles. The molecule has 4 heteroatoms. The minimum absolute atomic E-state index is 0.0262. The maximum atomic E-state index is 5.49. The zero-order chi connectivity index (χ0) is 8.11. The molecule has 0 spiro atoms. The Kier molecular flexibility index (Phi) is 1.33. The highest BCUT2D eigenvalue weighted by Gasteiger charge is 2.65. The molecule has 0 radical (unpaired) electrons. The second-order valence-electron chi connectivity index (χ2n) is 3.81. The van der Waals surface area contributed by atoms with Crippen LogP contribution in [-0.4, -0.2) is 24.3 Å². The zero-order valence-electron chi connectivity index (χ0n) is 6.92. The standard InChI is InChI=1S/C7H12O4/c1-6(2,3)9-7(10-11-7)5-4-8-5/h5H,4H2,1-3H3. The van der Waals surface area contributed by atoms with Crippen LogP contribution >= 0.6 is 0 Å². The summed E-state index contributed by atoms with van der Waals surface area (Å²) in [6.07, 6.45) is -0.0262. The van der Waals surface area contributed by atoms with E-state index in [1.807, 2.05) is 20.8 Å². The van der Waals surface area contributed by atoms with E-state index in [-0.39, 0.29) is 11.7 Å². The molecule has 2 saturated heterocycles. The summed E-state index contributed by atoms with van der Waals surface area (Å²) in [7, 11) is 0. The highest BCUT2D eigenvalue weighted by Crippen LogP contribution is 2.44. The summed E-state index contributed by atoms with van der Waals surface area (Å²) in [6, 6.07) is 0. The van der Waals surface area contributed by atoms with Crippen molar-refractivity contribution in [2.75, 3.05) is 6.61 Å². The van der Waals surface area contributed by atoms with E-state index in [0.29, 0.717) is 6.61 Å². The summed E-state index contributed by atoms with van der Waals surface area (Å²) in [5.41, 5.74) is -0.261. The molecule has 0 saturated carbocycles. The number of hydrogen-bond acceptors (Lipinski definition) is 4. The average Bonchev–Trinajstić information content (AvgIpc) is 2.49. The van der Waals surface area contributed by atoms with Crippen molar-refractivity contribution in [1.82, 2.24) is 0 Å². The Morgan fingerprint density at radius 3 is 2.18 bits per heavy atom. The second-order valence-corrected chi connectivity index (χ2v) is 3.81. The fourth-order valence-corrected chi connectivity index (χ4v) is 0.927. The van der Waals surface area contributed by atoms with Gasteiger partial charge in [0.2, 0.25) is 0 Å². The first kappa shape index (κ1) is 7.49. The molecular formula is C7H12O4. The molecule has 1 unspecified atom stereocenters. The normalized spacial score (nSPS) is 33.5. The van der Waals surface area contributed by atoms with Crippen molar-refractivity contribution < 1.29 is 19.2 Å². The highest BCUT2D eigenvalue weighted by atomic mass is 17.5. The van der Waals surface area contributed by atoms with E-state index in [2.05, 4.69) is 0 Å². The van der Waals surface area contributed by atoms with Crippen LogP contribution in [0.3, 0.4) is 0 Å². The third kappa shape index (κ3) is 1.54. The summed E-state index contributed by atoms with van der Waals surface area (Å²) >= 11 is 0. The fraction of sp³-hybridized carbons (Fsp3) is 1.00. The molecule has 2 fully saturated rings. The van der Waals surface area contributed by atoms with Gasteiger partial charge in [-0.3, -0.25) is 0 Å². The molecule has 2 aliphatic rings. The van der Waals surface area contributed by atoms with Crippen molar-refractivity contribution in [2.24, 2.45) is 0 Å². The lowest BCUT2D eigenvalue weighted by Gasteiger charge is -2.20. The van der Waals surface area contributed by atoms with E-state index < -0.39 is 5.97 Å². The summed E-state index contributed by atoms with van der Waals surface area (Å²) in [6.45, 7) is 6.50. The third-order valence-electron chi connectivity index (χ3n) is 1.42. The predicted octanol–water partition coefficient (Wildman–Crippen LogP) is 0.816. The van der Waals surface area contributed by atoms with Crippen LogP contribution in [0.5, 0.6) is 0 Å². The maximum absolute atomic E-state index is 5.49. The Morgan fingerprint density at radius 2 is 1.91 bits per heavy atom. The van der Waals surface area contributed by atoms with Crippen LogP contribution in [0, 0.1) is 0 Å². The molecule has 2 heterocycles. The molecule has 0 N–H and O–H groups in total. The maximum Gasteiger partial charge on any atom is 0.369 e. The number of hydrogen-bond donors (Lipinski definition) is 0. The van der Waals surface area contributed by atoms with Gasteiger partial charge in [-0.05, 0) is 20.8 Å². The molecule has 1 atom stereocenters. The first-order valence-electron chi connectivity index (χ1n) is 3.70. The predicted molar refractivity (Wildman–Crippen MR) is 35.5 cm³/mol. The van der Waals surface area contributed by atoms with Crippen molar-refractivity contribution in [1.29, 1.82) is 0 Å². The van der Waals surface area contributed by atoms with Gasteiger partial charge in [-0.2, -0.15) is 9.78 Å². The van der Waals surface area contributed by atoms with Crippen molar-refractivity contribution >= 4 is 0 Å².